The number of esters is 1. The van der Waals surface area contributed by atoms with Crippen LogP contribution in [0.2, 0.25) is 0 Å². The van der Waals surface area contributed by atoms with E-state index in [1.807, 2.05) is 0 Å². The zero-order chi connectivity index (χ0) is 6.69. The fourth-order valence-corrected chi connectivity index (χ4v) is 0.798. The Morgan fingerprint density at radius 3 is 3.00 bits per heavy atom. The molecule has 0 aromatic carbocycles. The van der Waals surface area contributed by atoms with Gasteiger partial charge in [0.15, 0.2) is 6.79 Å². The Kier molecular flexibility index (Phi) is 1.87. The van der Waals surface area contributed by atoms with Gasteiger partial charge in [-0.25, -0.2) is 4.79 Å². The van der Waals surface area contributed by atoms with Crippen LogP contribution in [-0.4, -0.2) is 29.1 Å². The van der Waals surface area contributed by atoms with Crippen LogP contribution in [0.25, 0.3) is 0 Å². The molecule has 1 saturated heterocycles. The van der Waals surface area contributed by atoms with Crippen molar-refractivity contribution < 1.29 is 14.3 Å². The average molecular weight is 142 g/mol. The van der Waals surface area contributed by atoms with Crippen LogP contribution in [0.5, 0.6) is 0 Å². The Morgan fingerprint density at radius 1 is 1.78 bits per heavy atom. The maximum Gasteiger partial charge on any atom is 0.350 e. The number of carbonyl (C=O) groups excluding carboxylic acids is 1. The van der Waals surface area contributed by atoms with Gasteiger partial charge in [0.2, 0.25) is 6.10 Å². The van der Waals surface area contributed by atoms with Gasteiger partial charge in [0.25, 0.3) is 0 Å². The lowest BCUT2D eigenvalue weighted by atomic mass is 10.4. The summed E-state index contributed by atoms with van der Waals surface area (Å²) < 4.78 is 9.25. The molecule has 1 aliphatic heterocycles. The molecule has 1 aliphatic rings. The van der Waals surface area contributed by atoms with Crippen molar-refractivity contribution in [3.63, 3.8) is 0 Å². The van der Waals surface area contributed by atoms with Crippen LogP contribution in [0, 0.1) is 11.5 Å². The van der Waals surface area contributed by atoms with Gasteiger partial charge in [0, 0.05) is 0 Å². The minimum atomic E-state index is -0.609. The smallest absolute Gasteiger partial charge is 0.350 e. The molecular formula is C5H6O3Si. The number of hydrogen-bond donors (Lipinski definition) is 0. The van der Waals surface area contributed by atoms with E-state index in [-0.39, 0.29) is 12.8 Å². The van der Waals surface area contributed by atoms with Gasteiger partial charge in [0.1, 0.15) is 0 Å². The van der Waals surface area contributed by atoms with Crippen LogP contribution in [-0.2, 0) is 14.3 Å². The van der Waals surface area contributed by atoms with Crippen LogP contribution in [0.3, 0.4) is 0 Å². The molecule has 0 aliphatic carbocycles. The highest BCUT2D eigenvalue weighted by molar-refractivity contribution is 6.22. The molecule has 48 valence electrons. The first-order valence-electron chi connectivity index (χ1n) is 2.55. The predicted molar refractivity (Wildman–Crippen MR) is 33.5 cm³/mol. The van der Waals surface area contributed by atoms with E-state index in [9.17, 15) is 4.79 Å². The third-order valence-electron chi connectivity index (χ3n) is 0.925. The second kappa shape index (κ2) is 2.67. The number of cyclic esters (lactones) is 1. The number of hydrogen-bond acceptors (Lipinski definition) is 3. The van der Waals surface area contributed by atoms with Gasteiger partial charge in [-0.2, -0.15) is 0 Å². The summed E-state index contributed by atoms with van der Waals surface area (Å²) in [5.41, 5.74) is 2.70. The Labute approximate surface area is 55.8 Å². The Hall–Kier alpha value is -0.793. The van der Waals surface area contributed by atoms with Crippen molar-refractivity contribution in [3.05, 3.63) is 0 Å². The molecule has 0 aromatic heterocycles. The third-order valence-corrected chi connectivity index (χ3v) is 1.21. The normalized spacial score (nSPS) is 24.9. The summed E-state index contributed by atoms with van der Waals surface area (Å²) in [6.07, 6.45) is -0.609. The molecule has 1 heterocycles. The highest BCUT2D eigenvalue weighted by atomic mass is 28.1. The molecule has 1 fully saturated rings. The van der Waals surface area contributed by atoms with Crippen molar-refractivity contribution in [1.29, 1.82) is 0 Å². The summed E-state index contributed by atoms with van der Waals surface area (Å²) in [4.78, 5) is 10.5. The van der Waals surface area contributed by atoms with E-state index in [0.717, 1.165) is 10.2 Å². The van der Waals surface area contributed by atoms with Crippen molar-refractivity contribution in [2.45, 2.75) is 6.10 Å². The van der Waals surface area contributed by atoms with E-state index >= 15 is 0 Å². The molecule has 0 aromatic rings. The number of rotatable bonds is 0. The average Bonchev–Trinajstić information content (AvgIpc) is 2.18. The van der Waals surface area contributed by atoms with Crippen molar-refractivity contribution in [2.24, 2.45) is 0 Å². The maximum atomic E-state index is 10.5. The van der Waals surface area contributed by atoms with E-state index in [4.69, 9.17) is 4.74 Å². The van der Waals surface area contributed by atoms with Crippen LogP contribution in [0.1, 0.15) is 0 Å². The van der Waals surface area contributed by atoms with Gasteiger partial charge >= 0.3 is 5.97 Å². The second-order valence-electron chi connectivity index (χ2n) is 1.52. The van der Waals surface area contributed by atoms with Gasteiger partial charge < -0.3 is 9.47 Å². The molecule has 0 bridgehead atoms. The summed E-state index contributed by atoms with van der Waals surface area (Å²) in [7, 11) is 0.766. The highest BCUT2D eigenvalue weighted by Gasteiger charge is 2.24. The van der Waals surface area contributed by atoms with Crippen LogP contribution < -0.4 is 0 Å². The molecule has 3 nitrogen and oxygen atoms in total. The standard InChI is InChI=1S/C5H6O3Si/c6-5-4(1-2-9)7-3-8-5/h4H,3H2,9H3. The zero-order valence-corrected chi connectivity index (χ0v) is 7.01. The first kappa shape index (κ1) is 6.33. The molecule has 1 rings (SSSR count). The van der Waals surface area contributed by atoms with Crippen molar-refractivity contribution >= 4 is 16.2 Å². The molecule has 9 heavy (non-hydrogen) atoms. The number of ether oxygens (including phenoxy) is 2. The second-order valence-corrected chi connectivity index (χ2v) is 2.02. The van der Waals surface area contributed by atoms with Gasteiger partial charge in [0.05, 0.1) is 10.2 Å². The Balaban J connectivity index is 2.56. The van der Waals surface area contributed by atoms with E-state index < -0.39 is 6.10 Å². The van der Waals surface area contributed by atoms with Crippen molar-refractivity contribution in [1.82, 2.24) is 0 Å². The third kappa shape index (κ3) is 1.31. The fraction of sp³-hybridized carbons (Fsp3) is 0.400. The summed E-state index contributed by atoms with van der Waals surface area (Å²) in [5.74, 6) is 2.25. The molecule has 0 radical (unpaired) electrons. The molecule has 0 spiro atoms. The largest absolute Gasteiger partial charge is 0.436 e. The Morgan fingerprint density at radius 2 is 2.56 bits per heavy atom. The maximum absolute atomic E-state index is 10.5. The van der Waals surface area contributed by atoms with Gasteiger partial charge in [-0.05, 0) is 0 Å². The van der Waals surface area contributed by atoms with Gasteiger partial charge in [-0.3, -0.25) is 0 Å². The van der Waals surface area contributed by atoms with Crippen LogP contribution in [0.15, 0.2) is 0 Å². The first-order chi connectivity index (χ1) is 4.34. The SMILES string of the molecule is O=C1OCOC1C#C[SiH3]. The number of carbonyl (C=O) groups is 1. The quantitative estimate of drug-likeness (QED) is 0.228. The Bertz CT molecular complexity index is 178. The molecule has 0 amide bonds. The molecule has 0 N–H and O–H groups in total. The van der Waals surface area contributed by atoms with E-state index in [1.54, 1.807) is 0 Å². The predicted octanol–water partition coefficient (Wildman–Crippen LogP) is -1.79. The minimum absolute atomic E-state index is 0.0553. The molecule has 0 saturated carbocycles. The first-order valence-corrected chi connectivity index (χ1v) is 3.55. The highest BCUT2D eigenvalue weighted by Crippen LogP contribution is 2.02. The summed E-state index contributed by atoms with van der Waals surface area (Å²) in [6, 6.07) is 0. The van der Waals surface area contributed by atoms with Crippen LogP contribution in [0.4, 0.5) is 0 Å². The summed E-state index contributed by atoms with van der Waals surface area (Å²) in [5, 5.41) is 0. The summed E-state index contributed by atoms with van der Waals surface area (Å²) in [6.45, 7) is 0.0553. The molecular weight excluding hydrogens is 136 g/mol. The lowest BCUT2D eigenvalue weighted by Crippen LogP contribution is -2.12. The lowest BCUT2D eigenvalue weighted by Gasteiger charge is -1.89. The van der Waals surface area contributed by atoms with Gasteiger partial charge in [-0.15, -0.1) is 5.54 Å². The monoisotopic (exact) mass is 142 g/mol. The zero-order valence-electron chi connectivity index (χ0n) is 5.01. The van der Waals surface area contributed by atoms with Crippen molar-refractivity contribution in [2.75, 3.05) is 6.79 Å². The van der Waals surface area contributed by atoms with E-state index in [2.05, 4.69) is 16.2 Å². The van der Waals surface area contributed by atoms with Crippen LogP contribution >= 0.6 is 0 Å². The molecule has 4 heteroatoms. The summed E-state index contributed by atoms with van der Waals surface area (Å²) >= 11 is 0. The topological polar surface area (TPSA) is 35.5 Å². The fourth-order valence-electron chi connectivity index (χ4n) is 0.536. The van der Waals surface area contributed by atoms with E-state index in [0.29, 0.717) is 0 Å². The van der Waals surface area contributed by atoms with Gasteiger partial charge in [-0.1, -0.05) is 5.92 Å². The minimum Gasteiger partial charge on any atom is -0.436 e. The van der Waals surface area contributed by atoms with E-state index in [1.165, 1.54) is 0 Å². The molecule has 1 unspecified atom stereocenters. The molecule has 1 atom stereocenters. The lowest BCUT2D eigenvalue weighted by molar-refractivity contribution is -0.138. The van der Waals surface area contributed by atoms with Crippen molar-refractivity contribution in [3.8, 4) is 11.5 Å².